The summed E-state index contributed by atoms with van der Waals surface area (Å²) in [7, 11) is 0. The molecule has 0 unspecified atom stereocenters. The number of rotatable bonds is 6. The third kappa shape index (κ3) is 4.28. The number of carbonyl (C=O) groups excluding carboxylic acids is 1. The molecule has 6 nitrogen and oxygen atoms in total. The van der Waals surface area contributed by atoms with Crippen molar-refractivity contribution in [2.75, 3.05) is 6.54 Å². The molecule has 0 bridgehead atoms. The lowest BCUT2D eigenvalue weighted by atomic mass is 10.1. The number of nitrogens with zero attached hydrogens (tertiary/aromatic N) is 3. The molecule has 0 saturated heterocycles. The Morgan fingerprint density at radius 2 is 1.97 bits per heavy atom. The fourth-order valence-electron chi connectivity index (χ4n) is 3.19. The number of benzene rings is 2. The molecule has 0 radical (unpaired) electrons. The van der Waals surface area contributed by atoms with Gasteiger partial charge in [-0.05, 0) is 49.4 Å². The quantitative estimate of drug-likeness (QED) is 0.451. The Hall–Kier alpha value is -3.38. The lowest BCUT2D eigenvalue weighted by molar-refractivity contribution is -0.129. The predicted octanol–water partition coefficient (Wildman–Crippen LogP) is 5.44. The van der Waals surface area contributed by atoms with Gasteiger partial charge in [-0.1, -0.05) is 23.7 Å². The summed E-state index contributed by atoms with van der Waals surface area (Å²) in [6.45, 7) is 4.60. The van der Waals surface area contributed by atoms with Crippen molar-refractivity contribution in [3.8, 4) is 22.9 Å². The molecule has 30 heavy (non-hydrogen) atoms. The van der Waals surface area contributed by atoms with Crippen LogP contribution in [0, 0.1) is 0 Å². The molecule has 2 heterocycles. The Morgan fingerprint density at radius 1 is 1.17 bits per heavy atom. The van der Waals surface area contributed by atoms with E-state index in [1.54, 1.807) is 30.2 Å². The van der Waals surface area contributed by atoms with Crippen LogP contribution in [0.15, 0.2) is 60.8 Å². The Bertz CT molecular complexity index is 1150. The van der Waals surface area contributed by atoms with Crippen molar-refractivity contribution in [3.05, 3.63) is 71.4 Å². The van der Waals surface area contributed by atoms with Crippen molar-refractivity contribution >= 4 is 28.7 Å². The average Bonchev–Trinajstić information content (AvgIpc) is 3.18. The summed E-state index contributed by atoms with van der Waals surface area (Å²) < 4.78 is 6.17. The zero-order valence-corrected chi connectivity index (χ0v) is 17.5. The molecule has 0 spiro atoms. The van der Waals surface area contributed by atoms with Crippen LogP contribution in [-0.4, -0.2) is 32.3 Å². The second-order valence-electron chi connectivity index (χ2n) is 6.87. The molecule has 152 valence electrons. The minimum Gasteiger partial charge on any atom is -0.457 e. The summed E-state index contributed by atoms with van der Waals surface area (Å²) in [5, 5.41) is 0.639. The van der Waals surface area contributed by atoms with E-state index in [4.69, 9.17) is 16.3 Å². The minimum atomic E-state index is 0.0161. The highest BCUT2D eigenvalue weighted by atomic mass is 35.5. The maximum absolute atomic E-state index is 11.9. The number of hydrogen-bond acceptors (Lipinski definition) is 4. The number of aromatic amines is 1. The van der Waals surface area contributed by atoms with E-state index in [2.05, 4.69) is 15.0 Å². The van der Waals surface area contributed by atoms with Gasteiger partial charge in [-0.2, -0.15) is 0 Å². The normalized spacial score (nSPS) is 10.9. The number of aromatic nitrogens is 3. The van der Waals surface area contributed by atoms with Gasteiger partial charge in [0.2, 0.25) is 5.91 Å². The van der Waals surface area contributed by atoms with Crippen molar-refractivity contribution in [2.45, 2.75) is 20.4 Å². The molecular weight excluding hydrogens is 400 g/mol. The van der Waals surface area contributed by atoms with Crippen LogP contribution in [0.1, 0.15) is 19.4 Å². The lowest BCUT2D eigenvalue weighted by Gasteiger charge is -2.21. The number of carbonyl (C=O) groups is 1. The van der Waals surface area contributed by atoms with Crippen molar-refractivity contribution in [2.24, 2.45) is 0 Å². The van der Waals surface area contributed by atoms with Crippen molar-refractivity contribution < 1.29 is 9.53 Å². The van der Waals surface area contributed by atoms with Gasteiger partial charge < -0.3 is 14.6 Å². The summed E-state index contributed by atoms with van der Waals surface area (Å²) in [5.74, 6) is 2.04. The van der Waals surface area contributed by atoms with Crippen LogP contribution in [-0.2, 0) is 11.3 Å². The number of halogens is 1. The highest BCUT2D eigenvalue weighted by Gasteiger charge is 2.15. The van der Waals surface area contributed by atoms with Gasteiger partial charge in [0.1, 0.15) is 17.3 Å². The first-order chi connectivity index (χ1) is 14.5. The maximum Gasteiger partial charge on any atom is 0.219 e. The first-order valence-corrected chi connectivity index (χ1v) is 10.0. The van der Waals surface area contributed by atoms with Crippen LogP contribution in [0.4, 0.5) is 0 Å². The average molecular weight is 421 g/mol. The van der Waals surface area contributed by atoms with Crippen molar-refractivity contribution in [1.29, 1.82) is 0 Å². The number of H-pyrrole nitrogens is 1. The van der Waals surface area contributed by atoms with Gasteiger partial charge in [0.15, 0.2) is 5.65 Å². The fourth-order valence-corrected chi connectivity index (χ4v) is 3.32. The number of ether oxygens (including phenoxy) is 1. The number of imidazole rings is 1. The van der Waals surface area contributed by atoms with E-state index in [0.717, 1.165) is 16.6 Å². The summed E-state index contributed by atoms with van der Waals surface area (Å²) in [6, 6.07) is 16.8. The topological polar surface area (TPSA) is 71.1 Å². The van der Waals surface area contributed by atoms with Crippen molar-refractivity contribution in [3.63, 3.8) is 0 Å². The first kappa shape index (κ1) is 19.9. The monoisotopic (exact) mass is 420 g/mol. The molecule has 0 saturated carbocycles. The summed E-state index contributed by atoms with van der Waals surface area (Å²) >= 11 is 5.99. The summed E-state index contributed by atoms with van der Waals surface area (Å²) in [6.07, 6.45) is 1.71. The number of nitrogens with one attached hydrogen (secondary N) is 1. The predicted molar refractivity (Wildman–Crippen MR) is 118 cm³/mol. The van der Waals surface area contributed by atoms with E-state index in [1.807, 2.05) is 49.4 Å². The molecule has 0 atom stereocenters. The zero-order chi connectivity index (χ0) is 21.1. The molecule has 4 rings (SSSR count). The molecule has 1 N–H and O–H groups in total. The molecule has 1 amide bonds. The van der Waals surface area contributed by atoms with Crippen LogP contribution in [0.5, 0.6) is 11.5 Å². The second kappa shape index (κ2) is 8.55. The molecule has 2 aromatic carbocycles. The SMILES string of the molecule is CCN(Cc1ccc(-c2nc3ncccc3[nH]2)cc1Oc1ccc(Cl)cc1)C(C)=O. The molecule has 0 aliphatic heterocycles. The molecule has 2 aromatic heterocycles. The summed E-state index contributed by atoms with van der Waals surface area (Å²) in [5.41, 5.74) is 3.29. The van der Waals surface area contributed by atoms with Gasteiger partial charge in [0, 0.05) is 42.4 Å². The van der Waals surface area contributed by atoms with Gasteiger partial charge in [-0.15, -0.1) is 0 Å². The maximum atomic E-state index is 11.9. The number of fused-ring (bicyclic) bond motifs is 1. The van der Waals surface area contributed by atoms with Crippen LogP contribution in [0.2, 0.25) is 5.02 Å². The van der Waals surface area contributed by atoms with E-state index in [1.165, 1.54) is 0 Å². The second-order valence-corrected chi connectivity index (χ2v) is 7.31. The summed E-state index contributed by atoms with van der Waals surface area (Å²) in [4.78, 5) is 25.8. The van der Waals surface area contributed by atoms with E-state index >= 15 is 0 Å². The fraction of sp³-hybridized carbons (Fsp3) is 0.174. The molecule has 0 aliphatic carbocycles. The third-order valence-electron chi connectivity index (χ3n) is 4.83. The highest BCUT2D eigenvalue weighted by Crippen LogP contribution is 2.32. The number of hydrogen-bond donors (Lipinski definition) is 1. The Kier molecular flexibility index (Phi) is 5.68. The van der Waals surface area contributed by atoms with E-state index in [-0.39, 0.29) is 5.91 Å². The molecule has 4 aromatic rings. The first-order valence-electron chi connectivity index (χ1n) is 9.66. The number of amides is 1. The van der Waals surface area contributed by atoms with Gasteiger partial charge in [-0.25, -0.2) is 9.97 Å². The Morgan fingerprint density at radius 3 is 2.67 bits per heavy atom. The van der Waals surface area contributed by atoms with Crippen molar-refractivity contribution in [1.82, 2.24) is 19.9 Å². The van der Waals surface area contributed by atoms with Gasteiger partial charge in [0.25, 0.3) is 0 Å². The minimum absolute atomic E-state index is 0.0161. The standard InChI is InChI=1S/C23H21ClN4O2/c1-3-28(15(2)29)14-17-7-6-16(22-26-20-5-4-12-25-23(20)27-22)13-21(17)30-19-10-8-18(24)9-11-19/h4-13H,3,14H2,1-2H3,(H,25,26,27). The number of pyridine rings is 1. The molecular formula is C23H21ClN4O2. The van der Waals surface area contributed by atoms with Gasteiger partial charge in [-0.3, -0.25) is 4.79 Å². The van der Waals surface area contributed by atoms with Crippen LogP contribution in [0.25, 0.3) is 22.6 Å². The molecule has 0 aliphatic rings. The zero-order valence-electron chi connectivity index (χ0n) is 16.7. The molecule has 7 heteroatoms. The van der Waals surface area contributed by atoms with E-state index < -0.39 is 0 Å². The lowest BCUT2D eigenvalue weighted by Crippen LogP contribution is -2.27. The van der Waals surface area contributed by atoms with E-state index in [9.17, 15) is 4.79 Å². The largest absolute Gasteiger partial charge is 0.457 e. The van der Waals surface area contributed by atoms with E-state index in [0.29, 0.717) is 41.1 Å². The van der Waals surface area contributed by atoms with Crippen LogP contribution >= 0.6 is 11.6 Å². The van der Waals surface area contributed by atoms with Crippen LogP contribution < -0.4 is 4.74 Å². The Balaban J connectivity index is 1.74. The smallest absolute Gasteiger partial charge is 0.219 e. The van der Waals surface area contributed by atoms with Crippen LogP contribution in [0.3, 0.4) is 0 Å². The Labute approximate surface area is 179 Å². The third-order valence-corrected chi connectivity index (χ3v) is 5.08. The highest BCUT2D eigenvalue weighted by molar-refractivity contribution is 6.30. The van der Waals surface area contributed by atoms with Gasteiger partial charge >= 0.3 is 0 Å². The molecule has 0 fully saturated rings. The van der Waals surface area contributed by atoms with Gasteiger partial charge in [0.05, 0.1) is 5.52 Å².